The van der Waals surface area contributed by atoms with Crippen LogP contribution in [0.3, 0.4) is 0 Å². The van der Waals surface area contributed by atoms with E-state index in [0.717, 1.165) is 33.0 Å². The van der Waals surface area contributed by atoms with E-state index in [1.807, 2.05) is 76.2 Å². The first-order valence-corrected chi connectivity index (χ1v) is 33.2. The first-order valence-electron chi connectivity index (χ1n) is 27.5. The lowest BCUT2D eigenvalue weighted by Crippen LogP contribution is -2.46. The maximum atomic E-state index is 14.4. The fraction of sp³-hybridized carbons (Fsp3) is 0.281. The van der Waals surface area contributed by atoms with E-state index in [1.165, 1.54) is 16.6 Å². The Morgan fingerprint density at radius 3 is 1.04 bits per heavy atom. The van der Waals surface area contributed by atoms with E-state index in [2.05, 4.69) is 0 Å². The third-order valence-corrected chi connectivity index (χ3v) is 26.2. The second-order valence-corrected chi connectivity index (χ2v) is 30.7. The number of aryl methyl sites for hydroxylation is 4. The van der Waals surface area contributed by atoms with E-state index in [4.69, 9.17) is 0 Å². The largest absolute Gasteiger partial charge is 0.295 e. The number of rotatable bonds is 10. The van der Waals surface area contributed by atoms with Crippen molar-refractivity contribution in [1.82, 2.24) is 16.6 Å². The maximum absolute atomic E-state index is 14.4. The highest BCUT2D eigenvalue weighted by Gasteiger charge is 2.81. The standard InChI is InChI=1S/2C32H30N2O5S2/c2*1-22-7-11-26(12-8-22)40(36,37)33-18-17-31-16-15-25(35)20-29(31)32(31,21-33)30-19-24-5-3-4-6-28(24)34(30)41(38,39)27-13-9-23(2)10-14-27/h2*3-16,19,29H,17-18,20-21H2,1-2H3/t2*29-,31-,32+/m10/s1. The molecule has 0 unspecified atom stereocenters. The molecular formula is C64H60N4O10S4. The Morgan fingerprint density at radius 1 is 0.402 bits per heavy atom. The van der Waals surface area contributed by atoms with Crippen LogP contribution in [0.1, 0.15) is 59.3 Å². The van der Waals surface area contributed by atoms with Crippen LogP contribution in [0.15, 0.2) is 202 Å². The number of aromatic nitrogens is 2. The summed E-state index contributed by atoms with van der Waals surface area (Å²) >= 11 is 0. The van der Waals surface area contributed by atoms with Crippen molar-refractivity contribution >= 4 is 73.5 Å². The number of para-hydroxylation sites is 2. The number of piperidine rings is 2. The van der Waals surface area contributed by atoms with Gasteiger partial charge in [-0.1, -0.05) is 119 Å². The Labute approximate surface area is 478 Å². The van der Waals surface area contributed by atoms with Crippen LogP contribution in [0.2, 0.25) is 0 Å². The number of carbonyl (C=O) groups excluding carboxylic acids is 2. The van der Waals surface area contributed by atoms with E-state index >= 15 is 0 Å². The van der Waals surface area contributed by atoms with Crippen LogP contribution in [0.5, 0.6) is 0 Å². The lowest BCUT2D eigenvalue weighted by Gasteiger charge is -2.36. The van der Waals surface area contributed by atoms with Gasteiger partial charge in [-0.05, 0) is 137 Å². The molecule has 2 aliphatic heterocycles. The van der Waals surface area contributed by atoms with Crippen molar-refractivity contribution in [3.63, 3.8) is 0 Å². The summed E-state index contributed by atoms with van der Waals surface area (Å²) in [5.74, 6) is -0.457. The van der Waals surface area contributed by atoms with Gasteiger partial charge in [-0.15, -0.1) is 0 Å². The molecule has 2 saturated heterocycles. The second-order valence-electron chi connectivity index (χ2n) is 23.3. The molecule has 82 heavy (non-hydrogen) atoms. The van der Waals surface area contributed by atoms with Gasteiger partial charge in [0.15, 0.2) is 11.6 Å². The molecule has 0 radical (unpaired) electrons. The smallest absolute Gasteiger partial charge is 0.268 e. The van der Waals surface area contributed by atoms with Crippen LogP contribution < -0.4 is 0 Å². The summed E-state index contributed by atoms with van der Waals surface area (Å²) in [5.41, 5.74) is 3.16. The Kier molecular flexibility index (Phi) is 12.4. The van der Waals surface area contributed by atoms with Crippen LogP contribution in [0.25, 0.3) is 21.8 Å². The number of hydrogen-bond acceptors (Lipinski definition) is 10. The molecule has 8 aromatic rings. The lowest BCUT2D eigenvalue weighted by molar-refractivity contribution is -0.116. The van der Waals surface area contributed by atoms with Crippen molar-refractivity contribution in [2.24, 2.45) is 22.7 Å². The van der Waals surface area contributed by atoms with Gasteiger partial charge in [-0.2, -0.15) is 8.61 Å². The number of ketones is 2. The third kappa shape index (κ3) is 7.88. The van der Waals surface area contributed by atoms with Crippen LogP contribution in [-0.4, -0.2) is 88.0 Å². The van der Waals surface area contributed by atoms with E-state index in [1.54, 1.807) is 133 Å². The second kappa shape index (κ2) is 18.7. The highest BCUT2D eigenvalue weighted by atomic mass is 32.2. The summed E-state index contributed by atoms with van der Waals surface area (Å²) in [6, 6.07) is 45.5. The van der Waals surface area contributed by atoms with Gasteiger partial charge in [-0.25, -0.2) is 41.6 Å². The van der Waals surface area contributed by atoms with Crippen LogP contribution >= 0.6 is 0 Å². The predicted molar refractivity (Wildman–Crippen MR) is 313 cm³/mol. The molecule has 6 atom stereocenters. The van der Waals surface area contributed by atoms with Gasteiger partial charge in [0.2, 0.25) is 20.0 Å². The van der Waals surface area contributed by atoms with Gasteiger partial charge in [0.25, 0.3) is 20.0 Å². The number of carbonyl (C=O) groups is 2. The average Bonchev–Trinajstić information content (AvgIpc) is 1.68. The molecule has 0 N–H and O–H groups in total. The fourth-order valence-corrected chi connectivity index (χ4v) is 20.8. The maximum Gasteiger partial charge on any atom is 0.268 e. The molecule has 18 heteroatoms. The van der Waals surface area contributed by atoms with Crippen molar-refractivity contribution in [2.75, 3.05) is 26.2 Å². The quantitative estimate of drug-likeness (QED) is 0.128. The molecule has 420 valence electrons. The SMILES string of the molecule is Cc1ccc(S(=O)(=O)N2CC[C@@]34C=CC(=O)C[C@@H]3[C@@]4(c3cc4ccccc4n3S(=O)(=O)c3ccc(C)cc3)C2)cc1.Cc1ccc(S(=O)(=O)N2CC[C@]34C=CC(=O)C[C@H]3[C@]4(c3cc4ccccc4n3S(=O)(=O)c3ccc(C)cc3)C2)cc1. The van der Waals surface area contributed by atoms with Gasteiger partial charge in [0.1, 0.15) is 0 Å². The minimum atomic E-state index is -4.06. The van der Waals surface area contributed by atoms with Crippen molar-refractivity contribution in [1.29, 1.82) is 0 Å². The van der Waals surface area contributed by atoms with Crippen LogP contribution in [0.4, 0.5) is 0 Å². The Hall–Kier alpha value is -7.06. The average molecular weight is 1170 g/mol. The topological polar surface area (TPSA) is 187 Å². The number of fused-ring (bicyclic) bond motifs is 4. The number of allylic oxidation sites excluding steroid dienone is 4. The van der Waals surface area contributed by atoms with E-state index in [-0.39, 0.29) is 82.0 Å². The molecule has 0 amide bonds. The summed E-state index contributed by atoms with van der Waals surface area (Å²) in [4.78, 5) is 26.1. The summed E-state index contributed by atoms with van der Waals surface area (Å²) in [6.07, 6.45) is 8.56. The molecule has 14 nitrogen and oxygen atoms in total. The molecule has 6 aliphatic rings. The number of sulfonamides is 2. The summed E-state index contributed by atoms with van der Waals surface area (Å²) in [5, 5.41) is 1.50. The zero-order valence-electron chi connectivity index (χ0n) is 45.6. The minimum Gasteiger partial charge on any atom is -0.295 e. The van der Waals surface area contributed by atoms with E-state index in [9.17, 15) is 43.3 Å². The monoisotopic (exact) mass is 1170 g/mol. The van der Waals surface area contributed by atoms with Gasteiger partial charge < -0.3 is 0 Å². The van der Waals surface area contributed by atoms with E-state index in [0.29, 0.717) is 35.3 Å². The lowest BCUT2D eigenvalue weighted by atomic mass is 9.83. The van der Waals surface area contributed by atoms with Crippen molar-refractivity contribution in [2.45, 2.75) is 83.8 Å². The highest BCUT2D eigenvalue weighted by molar-refractivity contribution is 7.90. The predicted octanol–water partition coefficient (Wildman–Crippen LogP) is 9.95. The summed E-state index contributed by atoms with van der Waals surface area (Å²) < 4.78 is 119. The molecule has 0 bridgehead atoms. The Morgan fingerprint density at radius 2 is 0.707 bits per heavy atom. The molecule has 6 aromatic carbocycles. The van der Waals surface area contributed by atoms with Gasteiger partial charge in [0.05, 0.1) is 30.6 Å². The van der Waals surface area contributed by atoms with Crippen LogP contribution in [0, 0.1) is 50.4 Å². The first-order chi connectivity index (χ1) is 39.0. The van der Waals surface area contributed by atoms with Gasteiger partial charge in [0, 0.05) is 82.8 Å². The van der Waals surface area contributed by atoms with Crippen molar-refractivity contribution < 1.29 is 43.3 Å². The summed E-state index contributed by atoms with van der Waals surface area (Å²) in [6.45, 7) is 8.37. The zero-order valence-corrected chi connectivity index (χ0v) is 48.9. The fourth-order valence-electron chi connectivity index (χ4n) is 14.7. The normalized spacial score (nSPS) is 26.1. The van der Waals surface area contributed by atoms with E-state index < -0.39 is 61.8 Å². The molecule has 2 spiro atoms. The number of nitrogens with zero attached hydrogens (tertiary/aromatic N) is 4. The number of hydrogen-bond donors (Lipinski definition) is 0. The van der Waals surface area contributed by atoms with Crippen LogP contribution in [-0.2, 0) is 60.5 Å². The first kappa shape index (κ1) is 54.2. The van der Waals surface area contributed by atoms with Gasteiger partial charge in [-0.3, -0.25) is 9.59 Å². The zero-order chi connectivity index (χ0) is 57.6. The highest BCUT2D eigenvalue weighted by Crippen LogP contribution is 2.78. The van der Waals surface area contributed by atoms with Crippen molar-refractivity contribution in [3.8, 4) is 0 Å². The molecule has 4 heterocycles. The third-order valence-electron chi connectivity index (χ3n) is 19.0. The summed E-state index contributed by atoms with van der Waals surface area (Å²) in [7, 11) is -15.8. The molecule has 4 fully saturated rings. The van der Waals surface area contributed by atoms with Crippen molar-refractivity contribution in [3.05, 3.63) is 216 Å². The molecular weight excluding hydrogens is 1110 g/mol. The molecule has 2 aromatic heterocycles. The Balaban J connectivity index is 0.000000154. The minimum absolute atomic E-state index is 0.0219. The molecule has 2 saturated carbocycles. The Bertz CT molecular complexity index is 4240. The molecule has 14 rings (SSSR count). The number of benzene rings is 6. The van der Waals surface area contributed by atoms with Gasteiger partial charge >= 0.3 is 0 Å². The molecule has 4 aliphatic carbocycles.